The van der Waals surface area contributed by atoms with Crippen LogP contribution in [0.2, 0.25) is 5.02 Å². The fourth-order valence-electron chi connectivity index (χ4n) is 3.07. The summed E-state index contributed by atoms with van der Waals surface area (Å²) < 4.78 is 29.3. The highest BCUT2D eigenvalue weighted by Crippen LogP contribution is 2.30. The summed E-state index contributed by atoms with van der Waals surface area (Å²) in [5.74, 6) is 0.745. The van der Waals surface area contributed by atoms with Crippen molar-refractivity contribution in [3.05, 3.63) is 63.5 Å². The highest BCUT2D eigenvalue weighted by Gasteiger charge is 2.21. The number of halogens is 2. The largest absolute Gasteiger partial charge is 0.370 e. The highest BCUT2D eigenvalue weighted by molar-refractivity contribution is 9.10. The van der Waals surface area contributed by atoms with Gasteiger partial charge in [-0.25, -0.2) is 17.7 Å². The number of sulfonamides is 1. The molecule has 0 spiro atoms. The van der Waals surface area contributed by atoms with Crippen LogP contribution in [0.5, 0.6) is 0 Å². The van der Waals surface area contributed by atoms with Gasteiger partial charge in [0, 0.05) is 36.8 Å². The third-order valence-corrected chi connectivity index (χ3v) is 8.81. The van der Waals surface area contributed by atoms with Gasteiger partial charge >= 0.3 is 0 Å². The number of aromatic nitrogens is 3. The second-order valence-corrected chi connectivity index (χ2v) is 11.3. The van der Waals surface area contributed by atoms with Crippen molar-refractivity contribution in [3.63, 3.8) is 0 Å². The fraction of sp³-hybridized carbons (Fsp3) is 0.200. The van der Waals surface area contributed by atoms with Crippen molar-refractivity contribution in [1.29, 1.82) is 0 Å². The van der Waals surface area contributed by atoms with Crippen molar-refractivity contribution >= 4 is 60.4 Å². The van der Waals surface area contributed by atoms with Gasteiger partial charge in [0.1, 0.15) is 10.0 Å². The summed E-state index contributed by atoms with van der Waals surface area (Å²) in [6, 6.07) is 12.8. The van der Waals surface area contributed by atoms with Crippen LogP contribution in [-0.4, -0.2) is 47.5 Å². The van der Waals surface area contributed by atoms with Crippen molar-refractivity contribution in [1.82, 2.24) is 18.9 Å². The van der Waals surface area contributed by atoms with Gasteiger partial charge < -0.3 is 5.32 Å². The predicted molar refractivity (Wildman–Crippen MR) is 128 cm³/mol. The van der Waals surface area contributed by atoms with Gasteiger partial charge in [0.05, 0.1) is 16.4 Å². The first kappa shape index (κ1) is 22.2. The molecule has 0 saturated heterocycles. The first-order chi connectivity index (χ1) is 14.9. The summed E-state index contributed by atoms with van der Waals surface area (Å²) in [5.41, 5.74) is 2.21. The molecule has 0 aliphatic rings. The van der Waals surface area contributed by atoms with Crippen LogP contribution in [0.15, 0.2) is 62.7 Å². The summed E-state index contributed by atoms with van der Waals surface area (Å²) in [7, 11) is -1.85. The average Bonchev–Trinajstić information content (AvgIpc) is 3.42. The molecule has 31 heavy (non-hydrogen) atoms. The van der Waals surface area contributed by atoms with Gasteiger partial charge in [-0.15, -0.1) is 11.3 Å². The van der Waals surface area contributed by atoms with Gasteiger partial charge in [0.2, 0.25) is 0 Å². The van der Waals surface area contributed by atoms with Crippen molar-refractivity contribution < 1.29 is 8.42 Å². The van der Waals surface area contributed by atoms with Crippen LogP contribution in [0.4, 0.5) is 5.82 Å². The lowest BCUT2D eigenvalue weighted by molar-refractivity contribution is 0.467. The third-order valence-electron chi connectivity index (χ3n) is 4.69. The Bertz CT molecular complexity index is 1310. The van der Waals surface area contributed by atoms with Crippen LogP contribution in [0.1, 0.15) is 6.42 Å². The zero-order valence-corrected chi connectivity index (χ0v) is 20.5. The zero-order chi connectivity index (χ0) is 22.0. The van der Waals surface area contributed by atoms with Crippen LogP contribution >= 0.6 is 38.9 Å². The number of nitrogens with zero attached hydrogens (tertiary/aromatic N) is 4. The Hall–Kier alpha value is -1.98. The lowest BCUT2D eigenvalue weighted by Gasteiger charge is -2.16. The van der Waals surface area contributed by atoms with Crippen molar-refractivity contribution in [2.24, 2.45) is 0 Å². The summed E-state index contributed by atoms with van der Waals surface area (Å²) in [6.07, 6.45) is 2.31. The predicted octanol–water partition coefficient (Wildman–Crippen LogP) is 5.00. The van der Waals surface area contributed by atoms with E-state index in [1.54, 1.807) is 35.3 Å². The van der Waals surface area contributed by atoms with E-state index in [-0.39, 0.29) is 0 Å². The number of rotatable bonds is 8. The van der Waals surface area contributed by atoms with Gasteiger partial charge in [0.15, 0.2) is 5.65 Å². The lowest BCUT2D eigenvalue weighted by atomic mass is 10.1. The number of hydrogen-bond acceptors (Lipinski definition) is 6. The van der Waals surface area contributed by atoms with Crippen LogP contribution in [0, 0.1) is 0 Å². The topological polar surface area (TPSA) is 79.6 Å². The molecule has 0 atom stereocenters. The van der Waals surface area contributed by atoms with E-state index in [1.807, 2.05) is 30.3 Å². The average molecular weight is 541 g/mol. The highest BCUT2D eigenvalue weighted by atomic mass is 79.9. The summed E-state index contributed by atoms with van der Waals surface area (Å²) in [5, 5.41) is 10.1. The number of nitrogens with one attached hydrogen (secondary N) is 1. The molecule has 0 aliphatic heterocycles. The monoisotopic (exact) mass is 539 g/mol. The van der Waals surface area contributed by atoms with Gasteiger partial charge in [0.25, 0.3) is 10.0 Å². The Labute approximate surface area is 197 Å². The molecule has 11 heteroatoms. The van der Waals surface area contributed by atoms with Gasteiger partial charge in [-0.3, -0.25) is 0 Å². The first-order valence-electron chi connectivity index (χ1n) is 9.41. The number of fused-ring (bicyclic) bond motifs is 1. The molecule has 162 valence electrons. The van der Waals surface area contributed by atoms with Crippen molar-refractivity contribution in [2.75, 3.05) is 25.5 Å². The molecule has 0 amide bonds. The summed E-state index contributed by atoms with van der Waals surface area (Å²) >= 11 is 11.1. The quantitative estimate of drug-likeness (QED) is 0.318. The van der Waals surface area contributed by atoms with E-state index in [4.69, 9.17) is 11.6 Å². The number of benzene rings is 1. The van der Waals surface area contributed by atoms with E-state index < -0.39 is 10.0 Å². The number of hydrogen-bond donors (Lipinski definition) is 1. The Morgan fingerprint density at radius 2 is 2.06 bits per heavy atom. The minimum Gasteiger partial charge on any atom is -0.370 e. The maximum atomic E-state index is 12.5. The first-order valence-corrected chi connectivity index (χ1v) is 12.9. The third kappa shape index (κ3) is 4.63. The van der Waals surface area contributed by atoms with Crippen molar-refractivity contribution in [2.45, 2.75) is 10.6 Å². The second kappa shape index (κ2) is 9.25. The van der Waals surface area contributed by atoms with Crippen molar-refractivity contribution in [3.8, 4) is 11.3 Å². The minimum absolute atomic E-state index is 0.351. The molecule has 0 radical (unpaired) electrons. The number of anilines is 1. The van der Waals surface area contributed by atoms with E-state index in [0.717, 1.165) is 21.5 Å². The fourth-order valence-corrected chi connectivity index (χ4v) is 6.06. The van der Waals surface area contributed by atoms with Gasteiger partial charge in [-0.05, 0) is 39.9 Å². The molecule has 3 heterocycles. The summed E-state index contributed by atoms with van der Waals surface area (Å²) in [4.78, 5) is 4.69. The summed E-state index contributed by atoms with van der Waals surface area (Å²) in [6.45, 7) is 0.949. The SMILES string of the molecule is CN(CCCNc1cc(-c2ccccc2Cl)nc2c(Br)cnn12)S(=O)(=O)c1cccs1. The van der Waals surface area contributed by atoms with Gasteiger partial charge in [-0.2, -0.15) is 9.61 Å². The van der Waals surface area contributed by atoms with Crippen LogP contribution in [-0.2, 0) is 10.0 Å². The Balaban J connectivity index is 1.50. The van der Waals surface area contributed by atoms with Crippen LogP contribution < -0.4 is 5.32 Å². The zero-order valence-electron chi connectivity index (χ0n) is 16.5. The maximum Gasteiger partial charge on any atom is 0.252 e. The molecule has 0 saturated carbocycles. The smallest absolute Gasteiger partial charge is 0.252 e. The molecule has 3 aromatic heterocycles. The van der Waals surface area contributed by atoms with E-state index in [0.29, 0.717) is 34.4 Å². The van der Waals surface area contributed by atoms with Crippen LogP contribution in [0.3, 0.4) is 0 Å². The molecule has 0 unspecified atom stereocenters. The van der Waals surface area contributed by atoms with E-state index in [9.17, 15) is 8.42 Å². The minimum atomic E-state index is -3.44. The Kier molecular flexibility index (Phi) is 6.63. The number of thiophene rings is 1. The maximum absolute atomic E-state index is 12.5. The van der Waals surface area contributed by atoms with E-state index in [2.05, 4.69) is 31.3 Å². The second-order valence-electron chi connectivity index (χ2n) is 6.77. The standard InChI is InChI=1S/C20H19BrClN5O2S2/c1-26(31(28,29)19-8-4-11-30-19)10-5-9-23-18-12-17(14-6-2-3-7-16(14)22)25-20-15(21)13-24-27(18)20/h2-4,6-8,11-13,23H,5,9-10H2,1H3. The van der Waals surface area contributed by atoms with E-state index in [1.165, 1.54) is 15.6 Å². The Morgan fingerprint density at radius 3 is 2.81 bits per heavy atom. The van der Waals surface area contributed by atoms with Crippen LogP contribution in [0.25, 0.3) is 16.9 Å². The molecule has 0 aliphatic carbocycles. The molecule has 1 aromatic carbocycles. The van der Waals surface area contributed by atoms with Gasteiger partial charge in [-0.1, -0.05) is 35.9 Å². The molecule has 4 aromatic rings. The molecule has 0 bridgehead atoms. The molecule has 0 fully saturated rings. The molecule has 7 nitrogen and oxygen atoms in total. The molecule has 4 rings (SSSR count). The lowest BCUT2D eigenvalue weighted by Crippen LogP contribution is -2.28. The Morgan fingerprint density at radius 1 is 1.26 bits per heavy atom. The molecular weight excluding hydrogens is 522 g/mol. The molecular formula is C20H19BrClN5O2S2. The normalized spacial score (nSPS) is 12.0. The molecule has 1 N–H and O–H groups in total. The van der Waals surface area contributed by atoms with E-state index >= 15 is 0 Å².